The van der Waals surface area contributed by atoms with Gasteiger partial charge in [-0.05, 0) is 105 Å². The molecule has 3 aromatic rings. The summed E-state index contributed by atoms with van der Waals surface area (Å²) in [5.74, 6) is 3.40. The van der Waals surface area contributed by atoms with E-state index in [1.54, 1.807) is 14.2 Å². The minimum atomic E-state index is -0.938. The van der Waals surface area contributed by atoms with Gasteiger partial charge in [0.25, 0.3) is 0 Å². The summed E-state index contributed by atoms with van der Waals surface area (Å²) in [5.41, 5.74) is 5.19. The summed E-state index contributed by atoms with van der Waals surface area (Å²) in [5, 5.41) is 14.7. The van der Waals surface area contributed by atoms with Crippen molar-refractivity contribution < 1.29 is 28.8 Å². The monoisotopic (exact) mass is 669 g/mol. The summed E-state index contributed by atoms with van der Waals surface area (Å²) in [6.07, 6.45) is 3.93. The van der Waals surface area contributed by atoms with E-state index in [0.29, 0.717) is 37.7 Å². The molecule has 0 fully saturated rings. The first-order chi connectivity index (χ1) is 23.4. The molecule has 0 spiro atoms. The second-order valence-corrected chi connectivity index (χ2v) is 14.2. The van der Waals surface area contributed by atoms with Gasteiger partial charge in [-0.25, -0.2) is 9.80 Å². The summed E-state index contributed by atoms with van der Waals surface area (Å²) < 4.78 is 23.5. The quantitative estimate of drug-likeness (QED) is 0.195. The Bertz CT molecular complexity index is 1590. The molecular formula is C40H51N3O6. The molecule has 49 heavy (non-hydrogen) atoms. The fraction of sp³-hybridized carbons (Fsp3) is 0.425. The first kappa shape index (κ1) is 35.7. The second-order valence-electron chi connectivity index (χ2n) is 14.2. The van der Waals surface area contributed by atoms with E-state index >= 15 is 0 Å². The lowest BCUT2D eigenvalue weighted by Gasteiger charge is -2.40. The van der Waals surface area contributed by atoms with E-state index in [1.165, 1.54) is 21.6 Å². The Labute approximate surface area is 291 Å². The van der Waals surface area contributed by atoms with E-state index < -0.39 is 11.6 Å². The van der Waals surface area contributed by atoms with Crippen molar-refractivity contribution in [1.82, 2.24) is 14.9 Å². The summed E-state index contributed by atoms with van der Waals surface area (Å²) >= 11 is 0. The van der Waals surface area contributed by atoms with Crippen molar-refractivity contribution in [3.63, 3.8) is 0 Å². The Morgan fingerprint density at radius 1 is 0.939 bits per heavy atom. The number of amides is 1. The van der Waals surface area contributed by atoms with Crippen LogP contribution in [0.3, 0.4) is 0 Å². The van der Waals surface area contributed by atoms with Crippen LogP contribution in [0.5, 0.6) is 23.0 Å². The summed E-state index contributed by atoms with van der Waals surface area (Å²) in [7, 11) is 3.36. The van der Waals surface area contributed by atoms with Crippen LogP contribution in [0.1, 0.15) is 64.7 Å². The number of benzene rings is 3. The number of rotatable bonds is 13. The molecule has 0 radical (unpaired) electrons. The van der Waals surface area contributed by atoms with Crippen LogP contribution in [0.2, 0.25) is 0 Å². The van der Waals surface area contributed by atoms with Crippen molar-refractivity contribution >= 4 is 11.7 Å². The molecule has 9 nitrogen and oxygen atoms in total. The zero-order chi connectivity index (χ0) is 35.3. The van der Waals surface area contributed by atoms with Crippen LogP contribution in [0.4, 0.5) is 4.79 Å². The molecule has 2 atom stereocenters. The molecule has 0 aromatic heterocycles. The number of carbonyl (C=O) groups is 1. The molecule has 3 aromatic carbocycles. The third kappa shape index (κ3) is 8.70. The molecule has 2 aliphatic heterocycles. The van der Waals surface area contributed by atoms with Crippen molar-refractivity contribution in [3.05, 3.63) is 101 Å². The van der Waals surface area contributed by atoms with E-state index in [1.807, 2.05) is 57.2 Å². The highest BCUT2D eigenvalue weighted by atomic mass is 16.5. The lowest BCUT2D eigenvalue weighted by Crippen LogP contribution is -2.53. The summed E-state index contributed by atoms with van der Waals surface area (Å²) in [4.78, 5) is 13.8. The van der Waals surface area contributed by atoms with Crippen molar-refractivity contribution in [1.29, 1.82) is 0 Å². The first-order valence-corrected chi connectivity index (χ1v) is 17.0. The number of ether oxygens (including phenoxy) is 4. The number of hydrogen-bond donors (Lipinski definition) is 1. The molecule has 2 heterocycles. The lowest BCUT2D eigenvalue weighted by molar-refractivity contribution is 0.0142. The molecule has 262 valence electrons. The molecule has 0 saturated carbocycles. The van der Waals surface area contributed by atoms with Crippen LogP contribution in [0, 0.1) is 5.92 Å². The highest BCUT2D eigenvalue weighted by Gasteiger charge is 2.35. The lowest BCUT2D eigenvalue weighted by atomic mass is 9.91. The maximum absolute atomic E-state index is 12.3. The van der Waals surface area contributed by atoms with E-state index in [0.717, 1.165) is 28.4 Å². The van der Waals surface area contributed by atoms with E-state index in [2.05, 4.69) is 73.4 Å². The minimum Gasteiger partial charge on any atom is -0.497 e. The topological polar surface area (TPSA) is 83.9 Å². The van der Waals surface area contributed by atoms with Gasteiger partial charge >= 0.3 is 6.09 Å². The van der Waals surface area contributed by atoms with E-state index in [4.69, 9.17) is 18.9 Å². The van der Waals surface area contributed by atoms with Crippen LogP contribution in [0.25, 0.3) is 5.57 Å². The first-order valence-electron chi connectivity index (χ1n) is 17.0. The van der Waals surface area contributed by atoms with Gasteiger partial charge in [0.2, 0.25) is 0 Å². The fourth-order valence-electron chi connectivity index (χ4n) is 6.68. The zero-order valence-corrected chi connectivity index (χ0v) is 30.1. The molecule has 2 aliphatic rings. The molecule has 1 N–H and O–H groups in total. The number of nitrogens with zero attached hydrogens (tertiary/aromatic N) is 3. The molecule has 0 aliphatic carbocycles. The van der Waals surface area contributed by atoms with Gasteiger partial charge in [-0.3, -0.25) is 4.90 Å². The van der Waals surface area contributed by atoms with Gasteiger partial charge in [0, 0.05) is 36.5 Å². The number of fused-ring (bicyclic) bond motifs is 2. The highest BCUT2D eigenvalue weighted by molar-refractivity contribution is 5.80. The fourth-order valence-corrected chi connectivity index (χ4v) is 6.68. The third-order valence-corrected chi connectivity index (χ3v) is 9.01. The van der Waals surface area contributed by atoms with Crippen LogP contribution in [-0.4, -0.2) is 71.2 Å². The van der Waals surface area contributed by atoms with Gasteiger partial charge in [-0.15, -0.1) is 0 Å². The van der Waals surface area contributed by atoms with Crippen LogP contribution in [-0.2, 0) is 13.1 Å². The smallest absolute Gasteiger partial charge is 0.408 e. The zero-order valence-electron chi connectivity index (χ0n) is 30.1. The van der Waals surface area contributed by atoms with E-state index in [9.17, 15) is 9.90 Å². The molecule has 0 bridgehead atoms. The maximum Gasteiger partial charge on any atom is 0.408 e. The van der Waals surface area contributed by atoms with Gasteiger partial charge < -0.3 is 29.1 Å². The van der Waals surface area contributed by atoms with Gasteiger partial charge in [0.1, 0.15) is 35.7 Å². The number of hydrogen-bond acceptors (Lipinski definition) is 7. The number of hydrazine groups is 1. The van der Waals surface area contributed by atoms with Crippen molar-refractivity contribution in [2.75, 3.05) is 27.4 Å². The summed E-state index contributed by atoms with van der Waals surface area (Å²) in [6.45, 7) is 14.4. The Balaban J connectivity index is 1.38. The van der Waals surface area contributed by atoms with Crippen molar-refractivity contribution in [2.45, 2.75) is 78.7 Å². The molecule has 9 heteroatoms. The Morgan fingerprint density at radius 2 is 1.51 bits per heavy atom. The largest absolute Gasteiger partial charge is 0.497 e. The average molecular weight is 670 g/mol. The average Bonchev–Trinajstić information content (AvgIpc) is 3.06. The van der Waals surface area contributed by atoms with Gasteiger partial charge in [0.15, 0.2) is 0 Å². The van der Waals surface area contributed by atoms with E-state index in [-0.39, 0.29) is 18.8 Å². The number of methoxy groups -OCH3 is 2. The summed E-state index contributed by atoms with van der Waals surface area (Å²) in [6, 6.07) is 22.1. The SMILES string of the molecule is COc1ccc(CN(Cc2ccc(OC)cc2)N2C=CC3=C(C2)c2ccc(OC[C@H](CC(C)C)N(C(=O)O)C(C)(C)C)cc2OC3C)cc1. The third-order valence-electron chi connectivity index (χ3n) is 9.01. The Kier molecular flexibility index (Phi) is 11.1. The minimum absolute atomic E-state index is 0.134. The molecule has 5 rings (SSSR count). The Morgan fingerprint density at radius 3 is 2.02 bits per heavy atom. The second kappa shape index (κ2) is 15.3. The number of carboxylic acid groups (broad SMARTS) is 1. The standard InChI is InChI=1S/C40H51N3O6/c1-27(2)21-31(43(39(44)45)40(4,5)6)26-48-34-17-18-36-37-25-41(20-19-35(37)28(3)49-38(36)22-34)42(23-29-9-13-32(46-7)14-10-29)24-30-11-15-33(47-8)16-12-30/h9-20,22,27-28,31H,21,23-26H2,1-8H3,(H,44,45)/t28?,31-/m0/s1. The van der Waals surface area contributed by atoms with Gasteiger partial charge in [-0.2, -0.15) is 0 Å². The predicted octanol–water partition coefficient (Wildman–Crippen LogP) is 8.26. The predicted molar refractivity (Wildman–Crippen MR) is 193 cm³/mol. The van der Waals surface area contributed by atoms with Crippen LogP contribution < -0.4 is 18.9 Å². The van der Waals surface area contributed by atoms with Crippen LogP contribution >= 0.6 is 0 Å². The van der Waals surface area contributed by atoms with Gasteiger partial charge in [0.05, 0.1) is 26.8 Å². The molecular weight excluding hydrogens is 618 g/mol. The normalized spacial score (nSPS) is 16.2. The van der Waals surface area contributed by atoms with Crippen molar-refractivity contribution in [2.24, 2.45) is 5.92 Å². The molecule has 1 amide bonds. The van der Waals surface area contributed by atoms with Gasteiger partial charge in [-0.1, -0.05) is 38.1 Å². The van der Waals surface area contributed by atoms with Crippen molar-refractivity contribution in [3.8, 4) is 23.0 Å². The molecule has 0 saturated heterocycles. The maximum atomic E-state index is 12.3. The highest BCUT2D eigenvalue weighted by Crippen LogP contribution is 2.41. The van der Waals surface area contributed by atoms with Crippen LogP contribution in [0.15, 0.2) is 84.6 Å². The Hall–Kier alpha value is -4.63. The molecule has 1 unspecified atom stereocenters.